The summed E-state index contributed by atoms with van der Waals surface area (Å²) in [5.41, 5.74) is -0.194. The smallest absolute Gasteiger partial charge is 0.349 e. The van der Waals surface area contributed by atoms with E-state index in [1.807, 2.05) is 18.2 Å². The molecule has 1 unspecified atom stereocenters. The predicted octanol–water partition coefficient (Wildman–Crippen LogP) is 2.09. The molecule has 1 aromatic carbocycles. The van der Waals surface area contributed by atoms with E-state index in [4.69, 9.17) is 13.9 Å². The molecule has 1 amide bonds. The van der Waals surface area contributed by atoms with Crippen LogP contribution in [0.1, 0.15) is 27.8 Å². The second-order valence-electron chi connectivity index (χ2n) is 6.38. The van der Waals surface area contributed by atoms with E-state index in [-0.39, 0.29) is 12.2 Å². The number of benzene rings is 1. The molecule has 4 rings (SSSR count). The number of carbonyl (C=O) groups is 1. The molecule has 1 atom stereocenters. The molecule has 0 bridgehead atoms. The first-order valence-corrected chi connectivity index (χ1v) is 8.90. The molecular formula is C20H19N3O5. The maximum Gasteiger partial charge on any atom is 0.349 e. The van der Waals surface area contributed by atoms with Crippen LogP contribution in [-0.4, -0.2) is 28.8 Å². The zero-order valence-electron chi connectivity index (χ0n) is 15.3. The Hall–Kier alpha value is -3.55. The number of hydrogen-bond donors (Lipinski definition) is 1. The van der Waals surface area contributed by atoms with Crippen molar-refractivity contribution in [3.8, 4) is 11.5 Å². The third-order valence-electron chi connectivity index (χ3n) is 4.41. The van der Waals surface area contributed by atoms with Gasteiger partial charge in [0.1, 0.15) is 12.2 Å². The Kier molecular flexibility index (Phi) is 4.84. The zero-order valence-corrected chi connectivity index (χ0v) is 15.3. The molecule has 8 nitrogen and oxygen atoms in total. The summed E-state index contributed by atoms with van der Waals surface area (Å²) in [6.45, 7) is 2.76. The highest BCUT2D eigenvalue weighted by molar-refractivity contribution is 5.95. The van der Waals surface area contributed by atoms with Gasteiger partial charge in [-0.25, -0.2) is 4.79 Å². The van der Waals surface area contributed by atoms with Crippen molar-refractivity contribution >= 4 is 5.91 Å². The summed E-state index contributed by atoms with van der Waals surface area (Å²) in [5.74, 6) is 1.08. The van der Waals surface area contributed by atoms with Crippen molar-refractivity contribution in [3.05, 3.63) is 76.1 Å². The molecule has 0 radical (unpaired) electrons. The molecular weight excluding hydrogens is 362 g/mol. The fourth-order valence-corrected chi connectivity index (χ4v) is 3.03. The number of aromatic nitrogens is 2. The van der Waals surface area contributed by atoms with E-state index in [9.17, 15) is 9.59 Å². The molecule has 2 aromatic heterocycles. The van der Waals surface area contributed by atoms with Crippen molar-refractivity contribution in [3.63, 3.8) is 0 Å². The van der Waals surface area contributed by atoms with Gasteiger partial charge in [0.25, 0.3) is 5.91 Å². The average Bonchev–Trinajstić information content (AvgIpc) is 3.20. The third-order valence-corrected chi connectivity index (χ3v) is 4.41. The van der Waals surface area contributed by atoms with Crippen LogP contribution in [0.15, 0.2) is 58.0 Å². The Morgan fingerprint density at radius 1 is 1.29 bits per heavy atom. The highest BCUT2D eigenvalue weighted by Crippen LogP contribution is 2.35. The van der Waals surface area contributed by atoms with Crippen molar-refractivity contribution in [2.45, 2.75) is 19.6 Å². The van der Waals surface area contributed by atoms with Gasteiger partial charge in [0.05, 0.1) is 6.54 Å². The van der Waals surface area contributed by atoms with E-state index in [0.717, 1.165) is 0 Å². The summed E-state index contributed by atoms with van der Waals surface area (Å²) in [4.78, 5) is 24.9. The fraction of sp³-hybridized carbons (Fsp3) is 0.250. The molecule has 3 heterocycles. The van der Waals surface area contributed by atoms with Crippen LogP contribution in [0.5, 0.6) is 11.5 Å². The van der Waals surface area contributed by atoms with Crippen molar-refractivity contribution in [1.29, 1.82) is 0 Å². The number of para-hydroxylation sites is 2. The fourth-order valence-electron chi connectivity index (χ4n) is 3.03. The summed E-state index contributed by atoms with van der Waals surface area (Å²) in [6.07, 6.45) is 2.90. The molecule has 28 heavy (non-hydrogen) atoms. The highest BCUT2D eigenvalue weighted by atomic mass is 16.6. The second kappa shape index (κ2) is 7.59. The number of ether oxygens (including phenoxy) is 2. The van der Waals surface area contributed by atoms with E-state index in [1.54, 1.807) is 42.2 Å². The third kappa shape index (κ3) is 3.62. The average molecular weight is 381 g/mol. The standard InChI is InChI=1S/C20H19N3O5/c1-13-11-16(17-12-26-14-5-2-3-6-15(14)27-17)28-20(25)18(13)19(24)21-8-10-23-9-4-7-22-23/h2-7,9,11,17H,8,10,12H2,1H3,(H,21,24). The minimum absolute atomic E-state index is 0.0126. The van der Waals surface area contributed by atoms with E-state index in [1.165, 1.54) is 0 Å². The lowest BCUT2D eigenvalue weighted by Gasteiger charge is -2.25. The predicted molar refractivity (Wildman–Crippen MR) is 99.6 cm³/mol. The normalized spacial score (nSPS) is 15.2. The van der Waals surface area contributed by atoms with Crippen LogP contribution in [-0.2, 0) is 6.54 Å². The van der Waals surface area contributed by atoms with Crippen LogP contribution in [0.3, 0.4) is 0 Å². The maximum atomic E-state index is 12.4. The van der Waals surface area contributed by atoms with Crippen molar-refractivity contribution in [1.82, 2.24) is 15.1 Å². The number of hydrogen-bond acceptors (Lipinski definition) is 6. The molecule has 0 aliphatic carbocycles. The quantitative estimate of drug-likeness (QED) is 0.727. The van der Waals surface area contributed by atoms with Gasteiger partial charge in [0, 0.05) is 18.9 Å². The van der Waals surface area contributed by atoms with Gasteiger partial charge in [-0.3, -0.25) is 9.48 Å². The molecule has 0 saturated carbocycles. The van der Waals surface area contributed by atoms with Crippen molar-refractivity contribution in [2.75, 3.05) is 13.2 Å². The summed E-state index contributed by atoms with van der Waals surface area (Å²) in [5, 5.41) is 6.77. The van der Waals surface area contributed by atoms with Gasteiger partial charge >= 0.3 is 5.63 Å². The van der Waals surface area contributed by atoms with Crippen LogP contribution in [0.2, 0.25) is 0 Å². The Labute approximate surface area is 160 Å². The Morgan fingerprint density at radius 2 is 2.11 bits per heavy atom. The molecule has 1 aliphatic rings. The van der Waals surface area contributed by atoms with Crippen LogP contribution in [0, 0.1) is 6.92 Å². The Bertz CT molecular complexity index is 1040. The van der Waals surface area contributed by atoms with Crippen LogP contribution in [0.4, 0.5) is 0 Å². The van der Waals surface area contributed by atoms with Gasteiger partial charge in [-0.05, 0) is 36.8 Å². The first kappa shape index (κ1) is 17.8. The topological polar surface area (TPSA) is 95.6 Å². The monoisotopic (exact) mass is 381 g/mol. The summed E-state index contributed by atoms with van der Waals surface area (Å²) in [7, 11) is 0. The molecule has 0 saturated heterocycles. The molecule has 1 N–H and O–H groups in total. The molecule has 144 valence electrons. The highest BCUT2D eigenvalue weighted by Gasteiger charge is 2.26. The van der Waals surface area contributed by atoms with Crippen LogP contribution in [0.25, 0.3) is 0 Å². The minimum atomic E-state index is -0.700. The van der Waals surface area contributed by atoms with Crippen molar-refractivity contribution in [2.24, 2.45) is 0 Å². The molecule has 1 aliphatic heterocycles. The summed E-state index contributed by atoms with van der Waals surface area (Å²) < 4.78 is 18.6. The minimum Gasteiger partial charge on any atom is -0.485 e. The SMILES string of the molecule is Cc1cc(C2COc3ccccc3O2)oc(=O)c1C(=O)NCCn1cccn1. The van der Waals surface area contributed by atoms with Gasteiger partial charge < -0.3 is 19.2 Å². The number of fused-ring (bicyclic) bond motifs is 1. The van der Waals surface area contributed by atoms with E-state index in [0.29, 0.717) is 35.9 Å². The van der Waals surface area contributed by atoms with Gasteiger partial charge in [-0.15, -0.1) is 0 Å². The molecule has 0 fully saturated rings. The van der Waals surface area contributed by atoms with Crippen LogP contribution < -0.4 is 20.4 Å². The number of nitrogens with zero attached hydrogens (tertiary/aromatic N) is 2. The number of aryl methyl sites for hydroxylation is 1. The number of carbonyl (C=O) groups excluding carboxylic acids is 1. The summed E-state index contributed by atoms with van der Waals surface area (Å²) in [6, 6.07) is 10.7. The van der Waals surface area contributed by atoms with E-state index >= 15 is 0 Å². The van der Waals surface area contributed by atoms with Crippen LogP contribution >= 0.6 is 0 Å². The van der Waals surface area contributed by atoms with Crippen molar-refractivity contribution < 1.29 is 18.7 Å². The van der Waals surface area contributed by atoms with Gasteiger partial charge in [0.15, 0.2) is 23.4 Å². The first-order valence-electron chi connectivity index (χ1n) is 8.90. The number of rotatable bonds is 5. The van der Waals surface area contributed by atoms with Gasteiger partial charge in [-0.1, -0.05) is 12.1 Å². The Balaban J connectivity index is 1.47. The molecule has 8 heteroatoms. The summed E-state index contributed by atoms with van der Waals surface area (Å²) >= 11 is 0. The number of amides is 1. The van der Waals surface area contributed by atoms with Gasteiger partial charge in [0.2, 0.25) is 0 Å². The Morgan fingerprint density at radius 3 is 2.86 bits per heavy atom. The first-order chi connectivity index (χ1) is 13.6. The lowest BCUT2D eigenvalue weighted by atomic mass is 10.1. The lowest BCUT2D eigenvalue weighted by Crippen LogP contribution is -2.32. The van der Waals surface area contributed by atoms with E-state index in [2.05, 4.69) is 10.4 Å². The second-order valence-corrected chi connectivity index (χ2v) is 6.38. The number of nitrogens with one attached hydrogen (secondary N) is 1. The zero-order chi connectivity index (χ0) is 19.5. The largest absolute Gasteiger partial charge is 0.485 e. The maximum absolute atomic E-state index is 12.4. The lowest BCUT2D eigenvalue weighted by molar-refractivity contribution is 0.0721. The van der Waals surface area contributed by atoms with Gasteiger partial charge in [-0.2, -0.15) is 5.10 Å². The van der Waals surface area contributed by atoms with E-state index < -0.39 is 17.6 Å². The molecule has 0 spiro atoms. The molecule has 3 aromatic rings.